The summed E-state index contributed by atoms with van der Waals surface area (Å²) in [5, 5.41) is 5.52. The zero-order chi connectivity index (χ0) is 23.3. The number of rotatable bonds is 7. The number of carbonyl (C=O) groups excluding carboxylic acids is 3. The van der Waals surface area contributed by atoms with Gasteiger partial charge in [0.05, 0.1) is 23.8 Å². The number of ether oxygens (including phenoxy) is 1. The number of nitrogens with one attached hydrogen (secondary N) is 2. The number of allylic oxidation sites excluding steroid dienone is 1. The summed E-state index contributed by atoms with van der Waals surface area (Å²) in [6.07, 6.45) is 0.738. The standard InChI is InChI=1S/C24H26FN3O4/c1-4-14-28-15(3)20(23(30)32-5-2)21(27-24(28)31)16-10-12-17(13-11-16)26-22(29)18-8-6-7-9-19(18)25/h6-13,21H,4-5,14H2,1-3H3,(H,26,29)(H,27,31). The van der Waals surface area contributed by atoms with Gasteiger partial charge in [-0.05, 0) is 50.1 Å². The Morgan fingerprint density at radius 1 is 1.12 bits per heavy atom. The highest BCUT2D eigenvalue weighted by atomic mass is 19.1. The van der Waals surface area contributed by atoms with Crippen LogP contribution in [0.3, 0.4) is 0 Å². The van der Waals surface area contributed by atoms with E-state index in [1.54, 1.807) is 44.2 Å². The van der Waals surface area contributed by atoms with E-state index in [0.717, 1.165) is 6.42 Å². The van der Waals surface area contributed by atoms with Gasteiger partial charge in [-0.15, -0.1) is 0 Å². The molecule has 32 heavy (non-hydrogen) atoms. The maximum Gasteiger partial charge on any atom is 0.338 e. The van der Waals surface area contributed by atoms with Crippen molar-refractivity contribution < 1.29 is 23.5 Å². The van der Waals surface area contributed by atoms with Crippen molar-refractivity contribution in [2.45, 2.75) is 33.2 Å². The van der Waals surface area contributed by atoms with E-state index in [2.05, 4.69) is 10.6 Å². The molecule has 1 aliphatic heterocycles. The SMILES string of the molecule is CCCN1C(=O)NC(c2ccc(NC(=O)c3ccccc3F)cc2)C(C(=O)OCC)=C1C. The lowest BCUT2D eigenvalue weighted by Gasteiger charge is -2.35. The van der Waals surface area contributed by atoms with Crippen molar-refractivity contribution in [3.63, 3.8) is 0 Å². The molecule has 0 aliphatic carbocycles. The molecule has 2 aromatic rings. The van der Waals surface area contributed by atoms with Gasteiger partial charge in [-0.25, -0.2) is 14.0 Å². The molecule has 1 aliphatic rings. The molecule has 3 amide bonds. The second-order valence-electron chi connectivity index (χ2n) is 7.31. The van der Waals surface area contributed by atoms with Crippen molar-refractivity contribution in [1.82, 2.24) is 10.2 Å². The maximum atomic E-state index is 13.8. The van der Waals surface area contributed by atoms with Crippen molar-refractivity contribution in [2.24, 2.45) is 0 Å². The molecule has 1 unspecified atom stereocenters. The molecule has 0 saturated heterocycles. The van der Waals surface area contributed by atoms with E-state index >= 15 is 0 Å². The highest BCUT2D eigenvalue weighted by Crippen LogP contribution is 2.32. The van der Waals surface area contributed by atoms with Crippen LogP contribution in [-0.2, 0) is 9.53 Å². The number of urea groups is 1. The number of amides is 3. The van der Waals surface area contributed by atoms with Gasteiger partial charge in [-0.3, -0.25) is 9.69 Å². The molecule has 8 heteroatoms. The van der Waals surface area contributed by atoms with E-state index in [4.69, 9.17) is 4.74 Å². The van der Waals surface area contributed by atoms with Crippen LogP contribution in [-0.4, -0.2) is 36.0 Å². The van der Waals surface area contributed by atoms with Crippen molar-refractivity contribution in [2.75, 3.05) is 18.5 Å². The summed E-state index contributed by atoms with van der Waals surface area (Å²) in [6, 6.07) is 11.4. The first-order valence-electron chi connectivity index (χ1n) is 10.5. The minimum atomic E-state index is -0.689. The molecule has 0 saturated carbocycles. The van der Waals surface area contributed by atoms with Gasteiger partial charge in [0.15, 0.2) is 0 Å². The quantitative estimate of drug-likeness (QED) is 0.627. The second kappa shape index (κ2) is 10.1. The summed E-state index contributed by atoms with van der Waals surface area (Å²) in [6.45, 7) is 6.10. The van der Waals surface area contributed by atoms with Crippen LogP contribution in [0.2, 0.25) is 0 Å². The van der Waals surface area contributed by atoms with Crippen LogP contribution in [0, 0.1) is 5.82 Å². The Balaban J connectivity index is 1.87. The third-order valence-electron chi connectivity index (χ3n) is 5.16. The van der Waals surface area contributed by atoms with Crippen LogP contribution in [0.4, 0.5) is 14.9 Å². The molecule has 0 bridgehead atoms. The third kappa shape index (κ3) is 4.80. The average Bonchev–Trinajstić information content (AvgIpc) is 2.77. The molecular formula is C24H26FN3O4. The third-order valence-corrected chi connectivity index (χ3v) is 5.16. The Bertz CT molecular complexity index is 1050. The van der Waals surface area contributed by atoms with Gasteiger partial charge in [0.1, 0.15) is 5.82 Å². The van der Waals surface area contributed by atoms with Crippen molar-refractivity contribution in [1.29, 1.82) is 0 Å². The van der Waals surface area contributed by atoms with Crippen LogP contribution in [0.25, 0.3) is 0 Å². The number of hydrogen-bond acceptors (Lipinski definition) is 4. The molecule has 1 atom stereocenters. The topological polar surface area (TPSA) is 87.7 Å². The number of benzene rings is 2. The van der Waals surface area contributed by atoms with E-state index in [9.17, 15) is 18.8 Å². The van der Waals surface area contributed by atoms with E-state index in [0.29, 0.717) is 29.1 Å². The number of anilines is 1. The van der Waals surface area contributed by atoms with E-state index in [-0.39, 0.29) is 18.2 Å². The Kier molecular flexibility index (Phi) is 7.25. The van der Waals surface area contributed by atoms with Crippen LogP contribution in [0.5, 0.6) is 0 Å². The predicted octanol–water partition coefficient (Wildman–Crippen LogP) is 4.39. The lowest BCUT2D eigenvalue weighted by Crippen LogP contribution is -2.48. The molecule has 0 fully saturated rings. The molecule has 0 spiro atoms. The lowest BCUT2D eigenvalue weighted by molar-refractivity contribution is -0.139. The molecule has 3 rings (SSSR count). The van der Waals surface area contributed by atoms with Gasteiger partial charge in [0.2, 0.25) is 0 Å². The average molecular weight is 439 g/mol. The normalized spacial score (nSPS) is 15.9. The highest BCUT2D eigenvalue weighted by molar-refractivity contribution is 6.04. The van der Waals surface area contributed by atoms with Gasteiger partial charge in [-0.1, -0.05) is 31.2 Å². The van der Waals surface area contributed by atoms with Gasteiger partial charge in [0, 0.05) is 17.9 Å². The summed E-state index contributed by atoms with van der Waals surface area (Å²) < 4.78 is 19.1. The van der Waals surface area contributed by atoms with Gasteiger partial charge < -0.3 is 15.4 Å². The first-order valence-corrected chi connectivity index (χ1v) is 10.5. The summed E-state index contributed by atoms with van der Waals surface area (Å²) in [4.78, 5) is 39.2. The number of halogens is 1. The first-order chi connectivity index (χ1) is 15.4. The minimum absolute atomic E-state index is 0.0599. The van der Waals surface area contributed by atoms with Crippen LogP contribution >= 0.6 is 0 Å². The Labute approximate surface area is 186 Å². The molecule has 1 heterocycles. The van der Waals surface area contributed by atoms with E-state index in [1.165, 1.54) is 23.1 Å². The number of esters is 1. The van der Waals surface area contributed by atoms with E-state index in [1.807, 2.05) is 6.92 Å². The zero-order valence-electron chi connectivity index (χ0n) is 18.3. The Morgan fingerprint density at radius 2 is 1.81 bits per heavy atom. The van der Waals surface area contributed by atoms with Crippen molar-refractivity contribution in [3.8, 4) is 0 Å². The number of carbonyl (C=O) groups is 3. The van der Waals surface area contributed by atoms with E-state index < -0.39 is 23.7 Å². The van der Waals surface area contributed by atoms with Crippen LogP contribution in [0.1, 0.15) is 49.2 Å². The van der Waals surface area contributed by atoms with Crippen LogP contribution < -0.4 is 10.6 Å². The summed E-state index contributed by atoms with van der Waals surface area (Å²) >= 11 is 0. The molecular weight excluding hydrogens is 413 g/mol. The second-order valence-corrected chi connectivity index (χ2v) is 7.31. The summed E-state index contributed by atoms with van der Waals surface area (Å²) in [5.74, 6) is -1.67. The summed E-state index contributed by atoms with van der Waals surface area (Å²) in [7, 11) is 0. The lowest BCUT2D eigenvalue weighted by atomic mass is 9.94. The number of nitrogens with zero attached hydrogens (tertiary/aromatic N) is 1. The molecule has 0 aromatic heterocycles. The van der Waals surface area contributed by atoms with Crippen molar-refractivity contribution >= 4 is 23.6 Å². The monoisotopic (exact) mass is 439 g/mol. The smallest absolute Gasteiger partial charge is 0.338 e. The molecule has 2 N–H and O–H groups in total. The van der Waals surface area contributed by atoms with Gasteiger partial charge >= 0.3 is 12.0 Å². The predicted molar refractivity (Wildman–Crippen MR) is 118 cm³/mol. The zero-order valence-corrected chi connectivity index (χ0v) is 18.3. The first kappa shape index (κ1) is 23.0. The highest BCUT2D eigenvalue weighted by Gasteiger charge is 2.36. The Morgan fingerprint density at radius 3 is 2.44 bits per heavy atom. The van der Waals surface area contributed by atoms with Crippen molar-refractivity contribution in [3.05, 3.63) is 76.7 Å². The van der Waals surface area contributed by atoms with Gasteiger partial charge in [0.25, 0.3) is 5.91 Å². The molecule has 0 radical (unpaired) electrons. The molecule has 168 valence electrons. The Hall–Kier alpha value is -3.68. The maximum absolute atomic E-state index is 13.8. The fourth-order valence-electron chi connectivity index (χ4n) is 3.60. The molecule has 7 nitrogen and oxygen atoms in total. The molecule has 2 aromatic carbocycles. The minimum Gasteiger partial charge on any atom is -0.463 e. The fourth-order valence-corrected chi connectivity index (χ4v) is 3.60. The van der Waals surface area contributed by atoms with Crippen LogP contribution in [0.15, 0.2) is 59.8 Å². The fraction of sp³-hybridized carbons (Fsp3) is 0.292. The number of hydrogen-bond donors (Lipinski definition) is 2. The van der Waals surface area contributed by atoms with Gasteiger partial charge in [-0.2, -0.15) is 0 Å². The largest absolute Gasteiger partial charge is 0.463 e. The summed E-state index contributed by atoms with van der Waals surface area (Å²) in [5.41, 5.74) is 1.96.